The van der Waals surface area contributed by atoms with Gasteiger partial charge in [0.25, 0.3) is 11.3 Å². The molecule has 2 aromatic heterocycles. The van der Waals surface area contributed by atoms with Gasteiger partial charge in [-0.1, -0.05) is 35.0 Å². The zero-order valence-corrected chi connectivity index (χ0v) is 16.9. The molecule has 0 bridgehead atoms. The second kappa shape index (κ2) is 8.00. The molecular weight excluding hydrogens is 408 g/mol. The van der Waals surface area contributed by atoms with Gasteiger partial charge >= 0.3 is 0 Å². The highest BCUT2D eigenvalue weighted by molar-refractivity contribution is 6.30. The van der Waals surface area contributed by atoms with Crippen molar-refractivity contribution in [3.05, 3.63) is 70.2 Å². The van der Waals surface area contributed by atoms with Gasteiger partial charge in [-0.25, -0.2) is 4.98 Å². The van der Waals surface area contributed by atoms with Crippen LogP contribution >= 0.6 is 11.6 Å². The van der Waals surface area contributed by atoms with Crippen molar-refractivity contribution in [2.75, 3.05) is 12.4 Å². The van der Waals surface area contributed by atoms with Crippen molar-refractivity contribution in [3.8, 4) is 17.0 Å². The van der Waals surface area contributed by atoms with Crippen LogP contribution in [0.3, 0.4) is 0 Å². The van der Waals surface area contributed by atoms with Gasteiger partial charge in [-0.15, -0.1) is 0 Å². The Labute approximate surface area is 176 Å². The van der Waals surface area contributed by atoms with Gasteiger partial charge in [-0.05, 0) is 31.2 Å². The van der Waals surface area contributed by atoms with Gasteiger partial charge in [-0.2, -0.15) is 0 Å². The lowest BCUT2D eigenvalue weighted by Gasteiger charge is -2.15. The minimum atomic E-state index is -0.825. The number of aromatic nitrogens is 3. The first-order valence-electron chi connectivity index (χ1n) is 9.05. The molecule has 1 amide bonds. The molecular formula is C21H17ClN4O4. The largest absolute Gasteiger partial charge is 0.497 e. The second-order valence-corrected chi connectivity index (χ2v) is 7.01. The molecule has 152 valence electrons. The van der Waals surface area contributed by atoms with Gasteiger partial charge in [-0.3, -0.25) is 14.2 Å². The van der Waals surface area contributed by atoms with Crippen LogP contribution in [0.15, 0.2) is 64.2 Å². The Morgan fingerprint density at radius 1 is 1.23 bits per heavy atom. The fourth-order valence-corrected chi connectivity index (χ4v) is 3.14. The average molecular weight is 425 g/mol. The van der Waals surface area contributed by atoms with Gasteiger partial charge in [0.1, 0.15) is 29.2 Å². The van der Waals surface area contributed by atoms with E-state index in [0.29, 0.717) is 27.7 Å². The zero-order chi connectivity index (χ0) is 21.3. The summed E-state index contributed by atoms with van der Waals surface area (Å²) in [5, 5.41) is 7.51. The maximum atomic E-state index is 13.1. The number of hydrogen-bond acceptors (Lipinski definition) is 6. The van der Waals surface area contributed by atoms with Gasteiger partial charge in [0.2, 0.25) is 5.91 Å². The number of nitrogens with zero attached hydrogens (tertiary/aromatic N) is 3. The first-order chi connectivity index (χ1) is 14.5. The first-order valence-corrected chi connectivity index (χ1v) is 9.43. The molecule has 0 aliphatic carbocycles. The van der Waals surface area contributed by atoms with E-state index in [1.165, 1.54) is 10.9 Å². The fraction of sp³-hybridized carbons (Fsp3) is 0.143. The number of hydrogen-bond donors (Lipinski definition) is 1. The summed E-state index contributed by atoms with van der Waals surface area (Å²) in [5.74, 6) is 0.230. The molecule has 30 heavy (non-hydrogen) atoms. The summed E-state index contributed by atoms with van der Waals surface area (Å²) in [7, 11) is 1.54. The third-order valence-corrected chi connectivity index (χ3v) is 4.93. The van der Waals surface area contributed by atoms with Crippen LogP contribution in [0, 0.1) is 0 Å². The molecule has 1 unspecified atom stereocenters. The van der Waals surface area contributed by atoms with Crippen molar-refractivity contribution >= 4 is 34.3 Å². The SMILES string of the molecule is COc1cccc(NC(=O)C(C)n2cnc3onc(-c4ccc(Cl)cc4)c3c2=O)c1. The highest BCUT2D eigenvalue weighted by Crippen LogP contribution is 2.26. The molecule has 0 saturated carbocycles. The molecule has 1 atom stereocenters. The molecule has 0 fully saturated rings. The minimum Gasteiger partial charge on any atom is -0.497 e. The van der Waals surface area contributed by atoms with Crippen LogP contribution in [-0.2, 0) is 4.79 Å². The number of rotatable bonds is 5. The van der Waals surface area contributed by atoms with E-state index >= 15 is 0 Å². The van der Waals surface area contributed by atoms with Crippen LogP contribution in [-0.4, -0.2) is 27.7 Å². The third kappa shape index (κ3) is 3.65. The Morgan fingerprint density at radius 2 is 2.00 bits per heavy atom. The topological polar surface area (TPSA) is 99.2 Å². The van der Waals surface area contributed by atoms with Gasteiger partial charge < -0.3 is 14.6 Å². The summed E-state index contributed by atoms with van der Waals surface area (Å²) in [6.45, 7) is 1.61. The maximum absolute atomic E-state index is 13.1. The highest BCUT2D eigenvalue weighted by Gasteiger charge is 2.22. The molecule has 9 heteroatoms. The van der Waals surface area contributed by atoms with Gasteiger partial charge in [0.15, 0.2) is 0 Å². The molecule has 0 spiro atoms. The molecule has 4 aromatic rings. The van der Waals surface area contributed by atoms with Crippen molar-refractivity contribution in [2.45, 2.75) is 13.0 Å². The van der Waals surface area contributed by atoms with Gasteiger partial charge in [0.05, 0.1) is 7.11 Å². The molecule has 2 aromatic carbocycles. The lowest BCUT2D eigenvalue weighted by atomic mass is 10.1. The minimum absolute atomic E-state index is 0.0987. The fourth-order valence-electron chi connectivity index (χ4n) is 3.01. The maximum Gasteiger partial charge on any atom is 0.267 e. The van der Waals surface area contributed by atoms with Crippen LogP contribution in [0.2, 0.25) is 5.02 Å². The number of benzene rings is 2. The Balaban J connectivity index is 1.69. The Morgan fingerprint density at radius 3 is 2.73 bits per heavy atom. The molecule has 0 aliphatic heterocycles. The predicted molar refractivity (Wildman–Crippen MR) is 113 cm³/mol. The molecule has 0 radical (unpaired) electrons. The van der Waals surface area contributed by atoms with Crippen molar-refractivity contribution in [1.82, 2.24) is 14.7 Å². The predicted octanol–water partition coefficient (Wildman–Crippen LogP) is 3.91. The monoisotopic (exact) mass is 424 g/mol. The smallest absolute Gasteiger partial charge is 0.267 e. The van der Waals surface area contributed by atoms with E-state index in [1.807, 2.05) is 0 Å². The normalized spacial score (nSPS) is 12.0. The van der Waals surface area contributed by atoms with Crippen LogP contribution < -0.4 is 15.6 Å². The number of methoxy groups -OCH3 is 1. The number of halogens is 1. The van der Waals surface area contributed by atoms with Crippen LogP contribution in [0.5, 0.6) is 5.75 Å². The molecule has 2 heterocycles. The number of fused-ring (bicyclic) bond motifs is 1. The molecule has 4 rings (SSSR count). The summed E-state index contributed by atoms with van der Waals surface area (Å²) in [5.41, 5.74) is 1.22. The summed E-state index contributed by atoms with van der Waals surface area (Å²) in [4.78, 5) is 30.0. The van der Waals surface area contributed by atoms with E-state index in [-0.39, 0.29) is 17.0 Å². The number of ether oxygens (including phenoxy) is 1. The summed E-state index contributed by atoms with van der Waals surface area (Å²) in [6.07, 6.45) is 1.28. The van der Waals surface area contributed by atoms with E-state index in [9.17, 15) is 9.59 Å². The number of carbonyl (C=O) groups excluding carboxylic acids is 1. The number of carbonyl (C=O) groups is 1. The van der Waals surface area contributed by atoms with Crippen LogP contribution in [0.4, 0.5) is 5.69 Å². The van der Waals surface area contributed by atoms with Crippen molar-refractivity contribution < 1.29 is 14.1 Å². The van der Waals surface area contributed by atoms with Crippen LogP contribution in [0.25, 0.3) is 22.4 Å². The zero-order valence-electron chi connectivity index (χ0n) is 16.1. The average Bonchev–Trinajstić information content (AvgIpc) is 3.19. The lowest BCUT2D eigenvalue weighted by molar-refractivity contribution is -0.118. The highest BCUT2D eigenvalue weighted by atomic mass is 35.5. The standard InChI is InChI=1S/C21H17ClN4O4/c1-12(19(27)24-15-4-3-5-16(10-15)29-2)26-11-23-20-17(21(26)28)18(25-30-20)13-6-8-14(22)9-7-13/h3-12H,1-2H3,(H,24,27). The Kier molecular flexibility index (Phi) is 5.24. The second-order valence-electron chi connectivity index (χ2n) is 6.57. The summed E-state index contributed by atoms with van der Waals surface area (Å²) in [6, 6.07) is 13.0. The Hall–Kier alpha value is -3.65. The molecule has 8 nitrogen and oxygen atoms in total. The van der Waals surface area contributed by atoms with E-state index < -0.39 is 11.6 Å². The van der Waals surface area contributed by atoms with E-state index in [1.54, 1.807) is 62.6 Å². The number of anilines is 1. The summed E-state index contributed by atoms with van der Waals surface area (Å²) < 4.78 is 11.6. The number of amides is 1. The lowest BCUT2D eigenvalue weighted by Crippen LogP contribution is -2.31. The van der Waals surface area contributed by atoms with E-state index in [4.69, 9.17) is 20.9 Å². The van der Waals surface area contributed by atoms with E-state index in [0.717, 1.165) is 0 Å². The summed E-state index contributed by atoms with van der Waals surface area (Å²) >= 11 is 5.94. The van der Waals surface area contributed by atoms with Gasteiger partial charge in [0, 0.05) is 22.3 Å². The number of nitrogens with one attached hydrogen (secondary N) is 1. The van der Waals surface area contributed by atoms with Crippen molar-refractivity contribution in [3.63, 3.8) is 0 Å². The molecule has 1 N–H and O–H groups in total. The van der Waals surface area contributed by atoms with Crippen molar-refractivity contribution in [2.24, 2.45) is 0 Å². The molecule has 0 saturated heterocycles. The third-order valence-electron chi connectivity index (χ3n) is 4.67. The van der Waals surface area contributed by atoms with Crippen LogP contribution in [0.1, 0.15) is 13.0 Å². The van der Waals surface area contributed by atoms with Crippen molar-refractivity contribution in [1.29, 1.82) is 0 Å². The first kappa shape index (κ1) is 19.7. The Bertz CT molecular complexity index is 1280. The van der Waals surface area contributed by atoms with E-state index in [2.05, 4.69) is 15.5 Å². The quantitative estimate of drug-likeness (QED) is 0.521. The molecule has 0 aliphatic rings.